The SMILES string of the molecule is CCC[C@H]1CC[C@H](C=CC#C[C@H]2CC[C@H](C(F)(F)F)CC2)CC1. The van der Waals surface area contributed by atoms with Gasteiger partial charge in [0.05, 0.1) is 5.92 Å². The molecule has 0 saturated heterocycles. The molecule has 2 rings (SSSR count). The second kappa shape index (κ2) is 8.81. The monoisotopic (exact) mass is 326 g/mol. The average Bonchev–Trinajstić information content (AvgIpc) is 2.53. The molecule has 0 nitrogen and oxygen atoms in total. The predicted octanol–water partition coefficient (Wildman–Crippen LogP) is 6.52. The molecule has 2 fully saturated rings. The minimum atomic E-state index is -4.02. The quantitative estimate of drug-likeness (QED) is 0.518. The molecule has 2 aliphatic carbocycles. The van der Waals surface area contributed by atoms with Crippen LogP contribution >= 0.6 is 0 Å². The van der Waals surface area contributed by atoms with Gasteiger partial charge in [-0.05, 0) is 69.3 Å². The standard InChI is InChI=1S/C20H29F3/c1-2-5-16-8-10-17(11-9-16)6-3-4-7-18-12-14-19(15-13-18)20(21,22)23/h3,6,16-19H,2,5,8-15H2,1H3/t16-,17-,18-,19-. The molecule has 2 saturated carbocycles. The third-order valence-corrected chi connectivity index (χ3v) is 5.52. The first-order chi connectivity index (χ1) is 11.0. The van der Waals surface area contributed by atoms with Crippen molar-refractivity contribution >= 4 is 0 Å². The third-order valence-electron chi connectivity index (χ3n) is 5.52. The van der Waals surface area contributed by atoms with E-state index in [1.54, 1.807) is 0 Å². The van der Waals surface area contributed by atoms with Gasteiger partial charge in [0.25, 0.3) is 0 Å². The molecule has 0 radical (unpaired) electrons. The number of alkyl halides is 3. The van der Waals surface area contributed by atoms with Gasteiger partial charge in [0.1, 0.15) is 0 Å². The lowest BCUT2D eigenvalue weighted by Crippen LogP contribution is -2.27. The van der Waals surface area contributed by atoms with Gasteiger partial charge in [-0.1, -0.05) is 37.7 Å². The smallest absolute Gasteiger partial charge is 0.171 e. The lowest BCUT2D eigenvalue weighted by molar-refractivity contribution is -0.182. The van der Waals surface area contributed by atoms with Crippen LogP contribution < -0.4 is 0 Å². The number of allylic oxidation sites excluding steroid dienone is 2. The first-order valence-corrected chi connectivity index (χ1v) is 9.23. The van der Waals surface area contributed by atoms with Crippen LogP contribution in [0.2, 0.25) is 0 Å². The minimum absolute atomic E-state index is 0.151. The van der Waals surface area contributed by atoms with Crippen LogP contribution in [0.4, 0.5) is 13.2 Å². The van der Waals surface area contributed by atoms with Gasteiger partial charge >= 0.3 is 6.18 Å². The molecule has 0 aromatic heterocycles. The van der Waals surface area contributed by atoms with E-state index in [0.29, 0.717) is 18.8 Å². The molecule has 0 N–H and O–H groups in total. The van der Waals surface area contributed by atoms with E-state index in [9.17, 15) is 13.2 Å². The summed E-state index contributed by atoms with van der Waals surface area (Å²) >= 11 is 0. The summed E-state index contributed by atoms with van der Waals surface area (Å²) in [5, 5.41) is 0. The molecule has 0 amide bonds. The van der Waals surface area contributed by atoms with E-state index < -0.39 is 12.1 Å². The summed E-state index contributed by atoms with van der Waals surface area (Å²) in [5.74, 6) is 6.86. The number of rotatable bonds is 3. The van der Waals surface area contributed by atoms with Crippen LogP contribution in [-0.4, -0.2) is 6.18 Å². The van der Waals surface area contributed by atoms with E-state index in [1.807, 2.05) is 6.08 Å². The van der Waals surface area contributed by atoms with E-state index in [0.717, 1.165) is 5.92 Å². The maximum atomic E-state index is 12.6. The Morgan fingerprint density at radius 1 is 0.957 bits per heavy atom. The van der Waals surface area contributed by atoms with Crippen molar-refractivity contribution in [2.45, 2.75) is 77.3 Å². The molecular weight excluding hydrogens is 297 g/mol. The molecular formula is C20H29F3. The van der Waals surface area contributed by atoms with Crippen molar-refractivity contribution in [2.75, 3.05) is 0 Å². The molecule has 0 aromatic carbocycles. The highest BCUT2D eigenvalue weighted by molar-refractivity contribution is 5.18. The number of hydrogen-bond donors (Lipinski definition) is 0. The highest BCUT2D eigenvalue weighted by Gasteiger charge is 2.41. The maximum absolute atomic E-state index is 12.6. The number of halogens is 3. The van der Waals surface area contributed by atoms with Gasteiger partial charge in [-0.25, -0.2) is 0 Å². The Balaban J connectivity index is 1.68. The first kappa shape index (κ1) is 18.4. The second-order valence-corrected chi connectivity index (χ2v) is 7.31. The van der Waals surface area contributed by atoms with Crippen molar-refractivity contribution in [1.29, 1.82) is 0 Å². The summed E-state index contributed by atoms with van der Waals surface area (Å²) in [7, 11) is 0. The van der Waals surface area contributed by atoms with Crippen LogP contribution in [0.3, 0.4) is 0 Å². The first-order valence-electron chi connectivity index (χ1n) is 9.23. The Morgan fingerprint density at radius 3 is 2.17 bits per heavy atom. The molecule has 0 heterocycles. The zero-order valence-corrected chi connectivity index (χ0v) is 14.2. The summed E-state index contributed by atoms with van der Waals surface area (Å²) < 4.78 is 37.8. The van der Waals surface area contributed by atoms with Crippen LogP contribution in [0, 0.1) is 35.5 Å². The van der Waals surface area contributed by atoms with Crippen molar-refractivity contribution in [3.05, 3.63) is 12.2 Å². The lowest BCUT2D eigenvalue weighted by Gasteiger charge is -2.27. The average molecular weight is 326 g/mol. The highest BCUT2D eigenvalue weighted by atomic mass is 19.4. The Bertz CT molecular complexity index is 422. The molecule has 2 aliphatic rings. The largest absolute Gasteiger partial charge is 0.391 e. The molecule has 0 bridgehead atoms. The highest BCUT2D eigenvalue weighted by Crippen LogP contribution is 2.39. The number of hydrogen-bond acceptors (Lipinski definition) is 0. The van der Waals surface area contributed by atoms with Crippen LogP contribution in [-0.2, 0) is 0 Å². The van der Waals surface area contributed by atoms with Crippen molar-refractivity contribution in [3.8, 4) is 11.8 Å². The van der Waals surface area contributed by atoms with Gasteiger partial charge in [-0.15, -0.1) is 0 Å². The van der Waals surface area contributed by atoms with Crippen molar-refractivity contribution in [2.24, 2.45) is 23.7 Å². The van der Waals surface area contributed by atoms with Crippen molar-refractivity contribution < 1.29 is 13.2 Å². The van der Waals surface area contributed by atoms with Gasteiger partial charge in [-0.2, -0.15) is 13.2 Å². The Kier molecular flexibility index (Phi) is 7.06. The topological polar surface area (TPSA) is 0 Å². The molecule has 0 unspecified atom stereocenters. The van der Waals surface area contributed by atoms with E-state index in [-0.39, 0.29) is 18.8 Å². The predicted molar refractivity (Wildman–Crippen MR) is 88.8 cm³/mol. The molecule has 0 aliphatic heterocycles. The fourth-order valence-electron chi connectivity index (χ4n) is 3.99. The van der Waals surface area contributed by atoms with E-state index in [1.165, 1.54) is 38.5 Å². The van der Waals surface area contributed by atoms with Gasteiger partial charge in [0.15, 0.2) is 0 Å². The summed E-state index contributed by atoms with van der Waals surface area (Å²) in [4.78, 5) is 0. The summed E-state index contributed by atoms with van der Waals surface area (Å²) in [6, 6.07) is 0. The second-order valence-electron chi connectivity index (χ2n) is 7.31. The summed E-state index contributed by atoms with van der Waals surface area (Å²) in [6.45, 7) is 2.25. The van der Waals surface area contributed by atoms with E-state index >= 15 is 0 Å². The van der Waals surface area contributed by atoms with Gasteiger partial charge in [0, 0.05) is 5.92 Å². The molecule has 0 atom stereocenters. The molecule has 3 heteroatoms. The van der Waals surface area contributed by atoms with Crippen LogP contribution in [0.15, 0.2) is 12.2 Å². The van der Waals surface area contributed by atoms with Crippen LogP contribution in [0.25, 0.3) is 0 Å². The maximum Gasteiger partial charge on any atom is 0.391 e. The normalized spacial score (nSPS) is 32.5. The molecule has 0 aromatic rings. The molecule has 23 heavy (non-hydrogen) atoms. The van der Waals surface area contributed by atoms with Crippen LogP contribution in [0.5, 0.6) is 0 Å². The van der Waals surface area contributed by atoms with E-state index in [2.05, 4.69) is 24.8 Å². The Morgan fingerprint density at radius 2 is 1.61 bits per heavy atom. The fourth-order valence-corrected chi connectivity index (χ4v) is 3.99. The van der Waals surface area contributed by atoms with Crippen molar-refractivity contribution in [1.82, 2.24) is 0 Å². The van der Waals surface area contributed by atoms with Crippen LogP contribution in [0.1, 0.15) is 71.1 Å². The van der Waals surface area contributed by atoms with Crippen molar-refractivity contribution in [3.63, 3.8) is 0 Å². The summed E-state index contributed by atoms with van der Waals surface area (Å²) in [6.07, 6.45) is 9.65. The zero-order chi connectivity index (χ0) is 16.7. The molecule has 130 valence electrons. The Labute approximate surface area is 138 Å². The minimum Gasteiger partial charge on any atom is -0.171 e. The summed E-state index contributed by atoms with van der Waals surface area (Å²) in [5.41, 5.74) is 0. The third kappa shape index (κ3) is 6.24. The van der Waals surface area contributed by atoms with E-state index in [4.69, 9.17) is 0 Å². The lowest BCUT2D eigenvalue weighted by atomic mass is 9.80. The van der Waals surface area contributed by atoms with Gasteiger partial charge < -0.3 is 0 Å². The van der Waals surface area contributed by atoms with Gasteiger partial charge in [-0.3, -0.25) is 0 Å². The molecule has 0 spiro atoms. The Hall–Kier alpha value is -0.910. The fraction of sp³-hybridized carbons (Fsp3) is 0.800. The van der Waals surface area contributed by atoms with Gasteiger partial charge in [0.2, 0.25) is 0 Å². The zero-order valence-electron chi connectivity index (χ0n) is 14.2.